The second kappa shape index (κ2) is 4.39. The molecule has 0 bridgehead atoms. The fourth-order valence-corrected chi connectivity index (χ4v) is 4.70. The Labute approximate surface area is 91.9 Å². The molecule has 2 unspecified atom stereocenters. The van der Waals surface area contributed by atoms with Gasteiger partial charge in [-0.15, -0.1) is 0 Å². The van der Waals surface area contributed by atoms with E-state index in [9.17, 15) is 8.42 Å². The van der Waals surface area contributed by atoms with Crippen LogP contribution < -0.4 is 5.73 Å². The van der Waals surface area contributed by atoms with Gasteiger partial charge in [-0.3, -0.25) is 0 Å². The van der Waals surface area contributed by atoms with E-state index in [1.807, 2.05) is 0 Å². The third-order valence-electron chi connectivity index (χ3n) is 3.68. The number of sulfonamides is 1. The summed E-state index contributed by atoms with van der Waals surface area (Å²) in [6.45, 7) is 1.33. The van der Waals surface area contributed by atoms with Gasteiger partial charge in [0.25, 0.3) is 0 Å². The number of hydrogen-bond acceptors (Lipinski definition) is 3. The molecule has 4 nitrogen and oxygen atoms in total. The van der Waals surface area contributed by atoms with E-state index in [1.165, 1.54) is 6.42 Å². The molecule has 88 valence electrons. The molecular weight excluding hydrogens is 212 g/mol. The van der Waals surface area contributed by atoms with Crippen molar-refractivity contribution < 1.29 is 8.42 Å². The summed E-state index contributed by atoms with van der Waals surface area (Å²) in [6, 6.07) is 0.191. The molecule has 1 saturated carbocycles. The molecular formula is C10H20N2O2S. The zero-order chi connectivity index (χ0) is 10.9. The first kappa shape index (κ1) is 11.4. The quantitative estimate of drug-likeness (QED) is 0.756. The van der Waals surface area contributed by atoms with Crippen LogP contribution in [0.15, 0.2) is 0 Å². The summed E-state index contributed by atoms with van der Waals surface area (Å²) in [5.74, 6) is 0.715. The Morgan fingerprint density at radius 2 is 1.93 bits per heavy atom. The number of rotatable bonds is 2. The largest absolute Gasteiger partial charge is 0.330 e. The monoisotopic (exact) mass is 232 g/mol. The van der Waals surface area contributed by atoms with Gasteiger partial charge in [0.2, 0.25) is 10.0 Å². The lowest BCUT2D eigenvalue weighted by Gasteiger charge is -2.36. The Bertz CT molecular complexity index is 315. The van der Waals surface area contributed by atoms with Crippen molar-refractivity contribution in [1.82, 2.24) is 4.31 Å². The fraction of sp³-hybridized carbons (Fsp3) is 1.00. The van der Waals surface area contributed by atoms with Gasteiger partial charge in [0.15, 0.2) is 0 Å². The van der Waals surface area contributed by atoms with E-state index < -0.39 is 10.0 Å². The van der Waals surface area contributed by atoms with Crippen LogP contribution in [0.5, 0.6) is 0 Å². The standard InChI is InChI=1S/C10H20N2O2S/c11-8-9-4-1-2-5-10(9)12-6-3-7-15(12,13)14/h9-10H,1-8,11H2. The number of nitrogens with zero attached hydrogens (tertiary/aromatic N) is 1. The Kier molecular flexibility index (Phi) is 3.33. The van der Waals surface area contributed by atoms with Crippen molar-refractivity contribution in [2.75, 3.05) is 18.8 Å². The summed E-state index contributed by atoms with van der Waals surface area (Å²) in [5, 5.41) is 0. The van der Waals surface area contributed by atoms with E-state index in [0.717, 1.165) is 25.7 Å². The molecule has 0 radical (unpaired) electrons. The first-order valence-electron chi connectivity index (χ1n) is 5.85. The first-order valence-corrected chi connectivity index (χ1v) is 7.45. The molecule has 0 aromatic heterocycles. The summed E-state index contributed by atoms with van der Waals surface area (Å²) in [6.07, 6.45) is 5.23. The van der Waals surface area contributed by atoms with Crippen LogP contribution in [0.1, 0.15) is 32.1 Å². The Morgan fingerprint density at radius 1 is 1.20 bits per heavy atom. The van der Waals surface area contributed by atoms with E-state index in [0.29, 0.717) is 24.8 Å². The summed E-state index contributed by atoms with van der Waals surface area (Å²) in [7, 11) is -2.95. The second-order valence-corrected chi connectivity index (χ2v) is 6.67. The highest BCUT2D eigenvalue weighted by Gasteiger charge is 2.38. The van der Waals surface area contributed by atoms with Crippen LogP contribution >= 0.6 is 0 Å². The molecule has 1 aliphatic carbocycles. The van der Waals surface area contributed by atoms with Crippen LogP contribution in [-0.2, 0) is 10.0 Å². The molecule has 0 aromatic carbocycles. The second-order valence-electron chi connectivity index (χ2n) is 4.63. The molecule has 2 rings (SSSR count). The average molecular weight is 232 g/mol. The van der Waals surface area contributed by atoms with Gasteiger partial charge < -0.3 is 5.73 Å². The highest BCUT2D eigenvalue weighted by Crippen LogP contribution is 2.31. The van der Waals surface area contributed by atoms with Gasteiger partial charge in [-0.25, -0.2) is 8.42 Å². The van der Waals surface area contributed by atoms with Crippen molar-refractivity contribution in [2.24, 2.45) is 11.7 Å². The molecule has 2 fully saturated rings. The highest BCUT2D eigenvalue weighted by molar-refractivity contribution is 7.89. The molecule has 5 heteroatoms. The van der Waals surface area contributed by atoms with Crippen LogP contribution in [0.25, 0.3) is 0 Å². The summed E-state index contributed by atoms with van der Waals surface area (Å²) in [4.78, 5) is 0. The van der Waals surface area contributed by atoms with Crippen LogP contribution in [0.4, 0.5) is 0 Å². The smallest absolute Gasteiger partial charge is 0.214 e. The summed E-state index contributed by atoms with van der Waals surface area (Å²) >= 11 is 0. The molecule has 0 aromatic rings. The lowest BCUT2D eigenvalue weighted by Crippen LogP contribution is -2.45. The van der Waals surface area contributed by atoms with Crippen LogP contribution in [-0.4, -0.2) is 37.6 Å². The van der Waals surface area contributed by atoms with Crippen molar-refractivity contribution in [3.05, 3.63) is 0 Å². The first-order chi connectivity index (χ1) is 7.15. The minimum Gasteiger partial charge on any atom is -0.330 e. The Balaban J connectivity index is 2.14. The van der Waals surface area contributed by atoms with Gasteiger partial charge in [0.1, 0.15) is 0 Å². The molecule has 1 saturated heterocycles. The van der Waals surface area contributed by atoms with Crippen molar-refractivity contribution in [3.63, 3.8) is 0 Å². The maximum absolute atomic E-state index is 11.8. The SMILES string of the molecule is NCC1CCCCC1N1CCCS1(=O)=O. The van der Waals surface area contributed by atoms with E-state index in [1.54, 1.807) is 4.31 Å². The topological polar surface area (TPSA) is 63.4 Å². The lowest BCUT2D eigenvalue weighted by molar-refractivity contribution is 0.191. The van der Waals surface area contributed by atoms with Gasteiger partial charge in [-0.2, -0.15) is 4.31 Å². The Hall–Kier alpha value is -0.130. The van der Waals surface area contributed by atoms with Crippen LogP contribution in [0, 0.1) is 5.92 Å². The van der Waals surface area contributed by atoms with E-state index >= 15 is 0 Å². The predicted molar refractivity (Wildman–Crippen MR) is 59.9 cm³/mol. The van der Waals surface area contributed by atoms with Crippen LogP contribution in [0.3, 0.4) is 0 Å². The maximum atomic E-state index is 11.8. The fourth-order valence-electron chi connectivity index (χ4n) is 2.87. The molecule has 1 aliphatic heterocycles. The third-order valence-corrected chi connectivity index (χ3v) is 5.65. The minimum absolute atomic E-state index is 0.191. The molecule has 1 heterocycles. The van der Waals surface area contributed by atoms with E-state index in [2.05, 4.69) is 0 Å². The van der Waals surface area contributed by atoms with Crippen molar-refractivity contribution in [3.8, 4) is 0 Å². The normalized spacial score (nSPS) is 36.9. The lowest BCUT2D eigenvalue weighted by atomic mass is 9.84. The van der Waals surface area contributed by atoms with Gasteiger partial charge in [-0.05, 0) is 31.7 Å². The molecule has 15 heavy (non-hydrogen) atoms. The molecule has 2 atom stereocenters. The van der Waals surface area contributed by atoms with E-state index in [-0.39, 0.29) is 6.04 Å². The molecule has 0 spiro atoms. The van der Waals surface area contributed by atoms with Crippen LogP contribution in [0.2, 0.25) is 0 Å². The maximum Gasteiger partial charge on any atom is 0.214 e. The zero-order valence-corrected chi connectivity index (χ0v) is 9.88. The Morgan fingerprint density at radius 3 is 2.53 bits per heavy atom. The van der Waals surface area contributed by atoms with Gasteiger partial charge in [0.05, 0.1) is 5.75 Å². The molecule has 0 amide bonds. The molecule has 2 aliphatic rings. The highest BCUT2D eigenvalue weighted by atomic mass is 32.2. The van der Waals surface area contributed by atoms with Crippen molar-refractivity contribution in [2.45, 2.75) is 38.1 Å². The van der Waals surface area contributed by atoms with E-state index in [4.69, 9.17) is 5.73 Å². The number of nitrogens with two attached hydrogens (primary N) is 1. The summed E-state index contributed by atoms with van der Waals surface area (Å²) < 4.78 is 25.3. The van der Waals surface area contributed by atoms with Gasteiger partial charge in [0, 0.05) is 12.6 Å². The zero-order valence-electron chi connectivity index (χ0n) is 9.06. The minimum atomic E-state index is -2.95. The van der Waals surface area contributed by atoms with Gasteiger partial charge in [-0.1, -0.05) is 12.8 Å². The van der Waals surface area contributed by atoms with Gasteiger partial charge >= 0.3 is 0 Å². The van der Waals surface area contributed by atoms with Crippen molar-refractivity contribution in [1.29, 1.82) is 0 Å². The number of hydrogen-bond donors (Lipinski definition) is 1. The van der Waals surface area contributed by atoms with Crippen molar-refractivity contribution >= 4 is 10.0 Å². The predicted octanol–water partition coefficient (Wildman–Crippen LogP) is 0.539. The summed E-state index contributed by atoms with van der Waals surface area (Å²) in [5.41, 5.74) is 5.73. The average Bonchev–Trinajstić information content (AvgIpc) is 2.58. The molecule has 2 N–H and O–H groups in total. The third kappa shape index (κ3) is 2.19.